The van der Waals surface area contributed by atoms with E-state index in [1.165, 1.54) is 0 Å². The minimum Gasteiger partial charge on any atom is -0.480 e. The predicted octanol–water partition coefficient (Wildman–Crippen LogP) is 14.1. The van der Waals surface area contributed by atoms with Crippen LogP contribution in [0.15, 0.2) is 134 Å². The van der Waals surface area contributed by atoms with Crippen LogP contribution >= 0.6 is 7.82 Å². The van der Waals surface area contributed by atoms with Crippen molar-refractivity contribution in [1.29, 1.82) is 0 Å². The monoisotopic (exact) mass is 966 g/mol. The molecule has 0 aromatic rings. The van der Waals surface area contributed by atoms with Crippen molar-refractivity contribution in [3.8, 4) is 0 Å². The average Bonchev–Trinajstić information content (AvgIpc) is 3.32. The van der Waals surface area contributed by atoms with Crippen molar-refractivity contribution >= 4 is 25.7 Å². The molecule has 12 heteroatoms. The van der Waals surface area contributed by atoms with E-state index in [9.17, 15) is 34.1 Å². The number of hydrogen-bond acceptors (Lipinski definition) is 8. The molecule has 0 fully saturated rings. The number of phosphoric ester groups is 1. The second kappa shape index (κ2) is 49.1. The first-order chi connectivity index (χ1) is 33.1. The Morgan fingerprint density at radius 1 is 0.471 bits per heavy atom. The molecular weight excluding hydrogens is 878 g/mol. The van der Waals surface area contributed by atoms with Crippen LogP contribution in [0.5, 0.6) is 0 Å². The molecule has 0 saturated heterocycles. The number of carboxylic acid groups (broad SMARTS) is 1. The minimum absolute atomic E-state index is 0.113. The smallest absolute Gasteiger partial charge is 0.472 e. The normalized spacial score (nSPS) is 14.6. The van der Waals surface area contributed by atoms with Crippen LogP contribution in [0.4, 0.5) is 0 Å². The molecule has 0 aliphatic rings. The summed E-state index contributed by atoms with van der Waals surface area (Å²) in [6, 6.07) is -1.57. The Bertz CT molecular complexity index is 1650. The minimum atomic E-state index is -4.79. The molecular formula is C56H88NO10P. The highest BCUT2D eigenvalue weighted by Gasteiger charge is 2.28. The molecule has 382 valence electrons. The highest BCUT2D eigenvalue weighted by atomic mass is 31.2. The molecule has 0 aliphatic carbocycles. The Balaban J connectivity index is 3.96. The fourth-order valence-corrected chi connectivity index (χ4v) is 6.88. The summed E-state index contributed by atoms with van der Waals surface area (Å²) in [4.78, 5) is 46.1. The van der Waals surface area contributed by atoms with Gasteiger partial charge in [0.15, 0.2) is 6.04 Å². The third-order valence-corrected chi connectivity index (χ3v) is 10.9. The van der Waals surface area contributed by atoms with E-state index in [1.54, 1.807) is 0 Å². The molecule has 3 atom stereocenters. The summed E-state index contributed by atoms with van der Waals surface area (Å²) in [6.45, 7) is 2.32. The van der Waals surface area contributed by atoms with Crippen molar-refractivity contribution in [3.05, 3.63) is 134 Å². The number of rotatable bonds is 45. The van der Waals surface area contributed by atoms with E-state index < -0.39 is 57.6 Å². The van der Waals surface area contributed by atoms with E-state index in [1.807, 2.05) is 0 Å². The van der Waals surface area contributed by atoms with Gasteiger partial charge in [0.1, 0.15) is 12.7 Å². The van der Waals surface area contributed by atoms with Crippen molar-refractivity contribution in [3.63, 3.8) is 0 Å². The quantitative estimate of drug-likeness (QED) is 0.0199. The Hall–Kier alpha value is -4.38. The maximum absolute atomic E-state index is 12.4. The third-order valence-electron chi connectivity index (χ3n) is 9.93. The van der Waals surface area contributed by atoms with Gasteiger partial charge in [0, 0.05) is 12.8 Å². The lowest BCUT2D eigenvalue weighted by Gasteiger charge is -2.18. The van der Waals surface area contributed by atoms with Crippen LogP contribution in [0.2, 0.25) is 0 Å². The van der Waals surface area contributed by atoms with Crippen LogP contribution in [0.3, 0.4) is 0 Å². The largest absolute Gasteiger partial charge is 0.480 e. The van der Waals surface area contributed by atoms with E-state index in [2.05, 4.69) is 153 Å². The van der Waals surface area contributed by atoms with Crippen LogP contribution < -0.4 is 5.32 Å². The van der Waals surface area contributed by atoms with Gasteiger partial charge in [-0.05, 0) is 109 Å². The van der Waals surface area contributed by atoms with Crippen LogP contribution in [-0.2, 0) is 32.7 Å². The Kier molecular flexibility index (Phi) is 45.9. The molecule has 3 unspecified atom stereocenters. The molecule has 0 saturated carbocycles. The number of nitrogens with one attached hydrogen (secondary N) is 1. The zero-order chi connectivity index (χ0) is 49.9. The van der Waals surface area contributed by atoms with Gasteiger partial charge >= 0.3 is 19.8 Å². The SMILES string of the molecule is CC/C=C\C/C=C\C/C=C\C/C=C\C/C=C\C/C=C\CCCCCCC(=O)OCC(O)COP(=O)(O)OCC(NC(=O)CCCCCCC/C=C\C/C=C\C/C=C\C/C=C\C/C=C\CC)C(=O)O. The number of amides is 1. The van der Waals surface area contributed by atoms with Gasteiger partial charge in [-0.25, -0.2) is 9.36 Å². The first-order valence-electron chi connectivity index (χ1n) is 25.2. The fourth-order valence-electron chi connectivity index (χ4n) is 6.11. The van der Waals surface area contributed by atoms with E-state index in [-0.39, 0.29) is 12.8 Å². The second-order valence-electron chi connectivity index (χ2n) is 16.2. The molecule has 0 radical (unpaired) electrons. The summed E-state index contributed by atoms with van der Waals surface area (Å²) < 4.78 is 26.9. The molecule has 0 aliphatic heterocycles. The van der Waals surface area contributed by atoms with E-state index in [4.69, 9.17) is 13.8 Å². The van der Waals surface area contributed by atoms with Crippen molar-refractivity contribution < 1.29 is 47.8 Å². The number of carbonyl (C=O) groups is 3. The highest BCUT2D eigenvalue weighted by molar-refractivity contribution is 7.47. The van der Waals surface area contributed by atoms with Gasteiger partial charge in [-0.15, -0.1) is 0 Å². The number of unbranched alkanes of at least 4 members (excludes halogenated alkanes) is 9. The van der Waals surface area contributed by atoms with Crippen molar-refractivity contribution in [1.82, 2.24) is 5.32 Å². The van der Waals surface area contributed by atoms with Gasteiger partial charge in [-0.1, -0.05) is 180 Å². The van der Waals surface area contributed by atoms with Crippen LogP contribution in [0, 0.1) is 0 Å². The number of aliphatic hydroxyl groups excluding tert-OH is 1. The summed E-state index contributed by atoms with van der Waals surface area (Å²) in [7, 11) is -4.79. The fraction of sp³-hybridized carbons (Fsp3) is 0.554. The Morgan fingerprint density at radius 2 is 0.809 bits per heavy atom. The average molecular weight is 966 g/mol. The first-order valence-corrected chi connectivity index (χ1v) is 26.7. The molecule has 0 spiro atoms. The second-order valence-corrected chi connectivity index (χ2v) is 17.7. The predicted molar refractivity (Wildman–Crippen MR) is 281 cm³/mol. The lowest BCUT2D eigenvalue weighted by Crippen LogP contribution is -2.43. The van der Waals surface area contributed by atoms with E-state index in [0.717, 1.165) is 128 Å². The molecule has 68 heavy (non-hydrogen) atoms. The molecule has 0 bridgehead atoms. The zero-order valence-corrected chi connectivity index (χ0v) is 42.5. The summed E-state index contributed by atoms with van der Waals surface area (Å²) in [5.41, 5.74) is 0. The van der Waals surface area contributed by atoms with Crippen LogP contribution in [0.25, 0.3) is 0 Å². The standard InChI is InChI=1S/C56H88NO10P/c1-3-5-7-9-11-13-15-17-19-21-23-25-26-28-30-32-34-36-38-40-42-44-46-48-55(60)65-49-52(58)50-66-68(63,64)67-51-53(56(61)62)57-54(59)47-45-43-41-39-37-35-33-31-29-27-24-22-20-18-16-14-12-10-8-6-4-2/h5-8,11-14,17-20,23-25,27-28,30-31,33-34,36,52-53,58H,3-4,9-10,15-16,21-22,26,29,32,35,37-51H2,1-2H3,(H,57,59)(H,61,62)(H,63,64)/b7-5-,8-6-,13-11-,14-12-,19-17-,20-18-,25-23-,27-24-,30-28-,33-31-,36-34-. The van der Waals surface area contributed by atoms with Crippen molar-refractivity contribution in [2.45, 2.75) is 180 Å². The van der Waals surface area contributed by atoms with Gasteiger partial charge in [0.05, 0.1) is 13.2 Å². The van der Waals surface area contributed by atoms with Crippen molar-refractivity contribution in [2.24, 2.45) is 0 Å². The van der Waals surface area contributed by atoms with Gasteiger partial charge < -0.3 is 25.2 Å². The third kappa shape index (κ3) is 48.1. The molecule has 4 N–H and O–H groups in total. The number of carbonyl (C=O) groups excluding carboxylic acids is 2. The van der Waals surface area contributed by atoms with Crippen molar-refractivity contribution in [2.75, 3.05) is 19.8 Å². The highest BCUT2D eigenvalue weighted by Crippen LogP contribution is 2.43. The molecule has 1 amide bonds. The lowest BCUT2D eigenvalue weighted by atomic mass is 10.1. The van der Waals surface area contributed by atoms with Crippen LogP contribution in [0.1, 0.15) is 168 Å². The van der Waals surface area contributed by atoms with Gasteiger partial charge in [0.25, 0.3) is 0 Å². The summed E-state index contributed by atoms with van der Waals surface area (Å²) in [5, 5.41) is 21.9. The number of phosphoric acid groups is 1. The Labute approximate surface area is 411 Å². The lowest BCUT2D eigenvalue weighted by molar-refractivity contribution is -0.147. The number of aliphatic carboxylic acids is 1. The first kappa shape index (κ1) is 63.6. The topological polar surface area (TPSA) is 169 Å². The van der Waals surface area contributed by atoms with E-state index in [0.29, 0.717) is 12.8 Å². The van der Waals surface area contributed by atoms with Gasteiger partial charge in [0.2, 0.25) is 5.91 Å². The molecule has 11 nitrogen and oxygen atoms in total. The molecule has 0 heterocycles. The number of aliphatic hydroxyl groups is 1. The number of hydrogen-bond donors (Lipinski definition) is 4. The number of esters is 1. The molecule has 0 rings (SSSR count). The summed E-state index contributed by atoms with van der Waals surface area (Å²) in [5.74, 6) is -2.45. The van der Waals surface area contributed by atoms with E-state index >= 15 is 0 Å². The number of carboxylic acids is 1. The number of allylic oxidation sites excluding steroid dienone is 22. The Morgan fingerprint density at radius 3 is 1.21 bits per heavy atom. The summed E-state index contributed by atoms with van der Waals surface area (Å²) >= 11 is 0. The number of ether oxygens (including phenoxy) is 1. The van der Waals surface area contributed by atoms with Gasteiger partial charge in [-0.2, -0.15) is 0 Å². The molecule has 0 aromatic carbocycles. The maximum Gasteiger partial charge on any atom is 0.472 e. The maximum atomic E-state index is 12.4. The van der Waals surface area contributed by atoms with Crippen LogP contribution in [-0.4, -0.2) is 64.9 Å². The molecule has 0 aromatic heterocycles. The summed E-state index contributed by atoms with van der Waals surface area (Å²) in [6.07, 6.45) is 67.5. The van der Waals surface area contributed by atoms with Gasteiger partial charge in [-0.3, -0.25) is 18.6 Å². The zero-order valence-electron chi connectivity index (χ0n) is 41.6.